The monoisotopic (exact) mass is 484 g/mol. The molecule has 140 valence electrons. The van der Waals surface area contributed by atoms with Crippen molar-refractivity contribution < 1.29 is 13.9 Å². The highest BCUT2D eigenvalue weighted by Crippen LogP contribution is 2.27. The molecule has 1 heterocycles. The highest BCUT2D eigenvalue weighted by molar-refractivity contribution is 14.1. The molecule has 0 aliphatic rings. The third-order valence-electron chi connectivity index (χ3n) is 4.17. The van der Waals surface area contributed by atoms with Gasteiger partial charge in [0, 0.05) is 14.8 Å². The Morgan fingerprint density at radius 3 is 2.68 bits per heavy atom. The Kier molecular flexibility index (Phi) is 5.29. The Bertz CT molecular complexity index is 1140. The number of nitrogens with zero attached hydrogens (tertiary/aromatic N) is 1. The third kappa shape index (κ3) is 3.87. The van der Waals surface area contributed by atoms with Crippen LogP contribution in [0.3, 0.4) is 0 Å². The van der Waals surface area contributed by atoms with E-state index in [1.54, 1.807) is 24.3 Å². The summed E-state index contributed by atoms with van der Waals surface area (Å²) in [6.07, 6.45) is 0. The fourth-order valence-corrected chi connectivity index (χ4v) is 3.21. The Balaban J connectivity index is 1.60. The molecule has 1 aromatic heterocycles. The predicted molar refractivity (Wildman–Crippen MR) is 118 cm³/mol. The van der Waals surface area contributed by atoms with E-state index >= 15 is 0 Å². The lowest BCUT2D eigenvalue weighted by atomic mass is 10.2. The van der Waals surface area contributed by atoms with Gasteiger partial charge in [0.1, 0.15) is 11.3 Å². The summed E-state index contributed by atoms with van der Waals surface area (Å²) in [5.74, 6) is 0.882. The van der Waals surface area contributed by atoms with Gasteiger partial charge in [-0.1, -0.05) is 12.1 Å². The number of amides is 1. The molecule has 0 saturated heterocycles. The van der Waals surface area contributed by atoms with Crippen LogP contribution in [0.2, 0.25) is 0 Å². The molecule has 1 amide bonds. The van der Waals surface area contributed by atoms with Gasteiger partial charge >= 0.3 is 0 Å². The summed E-state index contributed by atoms with van der Waals surface area (Å²) >= 11 is 2.26. The van der Waals surface area contributed by atoms with Crippen molar-refractivity contribution >= 4 is 45.3 Å². The molecule has 3 aromatic carbocycles. The average Bonchev–Trinajstić information content (AvgIpc) is 3.12. The second kappa shape index (κ2) is 8.02. The predicted octanol–water partition coefficient (Wildman–Crippen LogP) is 5.75. The Morgan fingerprint density at radius 2 is 1.89 bits per heavy atom. The van der Waals surface area contributed by atoms with Crippen LogP contribution in [0.1, 0.15) is 17.3 Å². The molecule has 0 unspecified atom stereocenters. The van der Waals surface area contributed by atoms with Crippen molar-refractivity contribution in [1.82, 2.24) is 4.98 Å². The van der Waals surface area contributed by atoms with Crippen LogP contribution in [-0.4, -0.2) is 17.5 Å². The minimum Gasteiger partial charge on any atom is -0.493 e. The molecule has 4 aromatic rings. The number of fused-ring (bicyclic) bond motifs is 1. The van der Waals surface area contributed by atoms with Crippen LogP contribution >= 0.6 is 22.6 Å². The number of oxazole rings is 1. The van der Waals surface area contributed by atoms with Crippen LogP contribution in [0.4, 0.5) is 5.69 Å². The number of benzene rings is 3. The molecule has 0 spiro atoms. The second-order valence-corrected chi connectivity index (χ2v) is 7.34. The first-order valence-electron chi connectivity index (χ1n) is 8.84. The van der Waals surface area contributed by atoms with Crippen LogP contribution in [0.15, 0.2) is 71.1 Å². The maximum atomic E-state index is 12.7. The molecular weight excluding hydrogens is 467 g/mol. The van der Waals surface area contributed by atoms with E-state index in [0.717, 1.165) is 9.13 Å². The van der Waals surface area contributed by atoms with Gasteiger partial charge in [-0.25, -0.2) is 4.98 Å². The number of halogens is 1. The summed E-state index contributed by atoms with van der Waals surface area (Å²) in [6, 6.07) is 20.5. The lowest BCUT2D eigenvalue weighted by molar-refractivity contribution is 0.102. The van der Waals surface area contributed by atoms with Crippen LogP contribution < -0.4 is 10.1 Å². The first kappa shape index (κ1) is 18.5. The Hall–Kier alpha value is -2.87. The van der Waals surface area contributed by atoms with E-state index in [-0.39, 0.29) is 5.91 Å². The fraction of sp³-hybridized carbons (Fsp3) is 0.0909. The van der Waals surface area contributed by atoms with E-state index in [2.05, 4.69) is 32.9 Å². The van der Waals surface area contributed by atoms with Crippen LogP contribution in [-0.2, 0) is 0 Å². The van der Waals surface area contributed by atoms with Crippen molar-refractivity contribution in [2.75, 3.05) is 11.9 Å². The van der Waals surface area contributed by atoms with E-state index in [1.165, 1.54) is 0 Å². The SMILES string of the molecule is CCOc1ccccc1C(=O)Nc1ccc2oc(-c3ccc(I)cc3)nc2c1. The smallest absolute Gasteiger partial charge is 0.259 e. The number of para-hydroxylation sites is 1. The van der Waals surface area contributed by atoms with E-state index in [0.29, 0.717) is 40.6 Å². The summed E-state index contributed by atoms with van der Waals surface area (Å²) in [5, 5.41) is 2.90. The van der Waals surface area contributed by atoms with Gasteiger partial charge in [-0.15, -0.1) is 0 Å². The highest BCUT2D eigenvalue weighted by atomic mass is 127. The minimum atomic E-state index is -0.232. The first-order valence-corrected chi connectivity index (χ1v) is 9.91. The largest absolute Gasteiger partial charge is 0.493 e. The zero-order valence-electron chi connectivity index (χ0n) is 15.1. The minimum absolute atomic E-state index is 0.232. The quantitative estimate of drug-likeness (QED) is 0.367. The highest BCUT2D eigenvalue weighted by Gasteiger charge is 2.14. The molecule has 28 heavy (non-hydrogen) atoms. The topological polar surface area (TPSA) is 64.4 Å². The summed E-state index contributed by atoms with van der Waals surface area (Å²) in [4.78, 5) is 17.2. The standard InChI is InChI=1S/C22H17IN2O3/c1-2-27-19-6-4-3-5-17(19)21(26)24-16-11-12-20-18(13-16)25-22(28-20)14-7-9-15(23)10-8-14/h3-13H,2H2,1H3,(H,24,26). The van der Waals surface area contributed by atoms with Crippen molar-refractivity contribution in [3.8, 4) is 17.2 Å². The zero-order valence-corrected chi connectivity index (χ0v) is 17.3. The van der Waals surface area contributed by atoms with Crippen molar-refractivity contribution in [2.24, 2.45) is 0 Å². The molecule has 4 rings (SSSR count). The van der Waals surface area contributed by atoms with Crippen molar-refractivity contribution in [2.45, 2.75) is 6.92 Å². The Morgan fingerprint density at radius 1 is 1.11 bits per heavy atom. The van der Waals surface area contributed by atoms with Gasteiger partial charge in [-0.3, -0.25) is 4.79 Å². The molecule has 6 heteroatoms. The molecule has 0 bridgehead atoms. The van der Waals surface area contributed by atoms with Crippen molar-refractivity contribution in [3.05, 3.63) is 75.9 Å². The maximum absolute atomic E-state index is 12.7. The molecule has 0 fully saturated rings. The molecule has 0 saturated carbocycles. The lowest BCUT2D eigenvalue weighted by Crippen LogP contribution is -2.13. The third-order valence-corrected chi connectivity index (χ3v) is 4.89. The average molecular weight is 484 g/mol. The van der Waals surface area contributed by atoms with E-state index < -0.39 is 0 Å². The van der Waals surface area contributed by atoms with Gasteiger partial charge in [0.2, 0.25) is 5.89 Å². The van der Waals surface area contributed by atoms with Gasteiger partial charge in [0.15, 0.2) is 5.58 Å². The van der Waals surface area contributed by atoms with E-state index in [9.17, 15) is 4.79 Å². The Labute approximate surface area is 175 Å². The van der Waals surface area contributed by atoms with Crippen LogP contribution in [0.25, 0.3) is 22.6 Å². The van der Waals surface area contributed by atoms with Crippen LogP contribution in [0, 0.1) is 3.57 Å². The number of rotatable bonds is 5. The molecule has 5 nitrogen and oxygen atoms in total. The molecule has 0 atom stereocenters. The second-order valence-electron chi connectivity index (χ2n) is 6.09. The summed E-state index contributed by atoms with van der Waals surface area (Å²) in [6.45, 7) is 2.38. The van der Waals surface area contributed by atoms with Gasteiger partial charge in [-0.05, 0) is 84.1 Å². The summed E-state index contributed by atoms with van der Waals surface area (Å²) in [5.41, 5.74) is 3.40. The number of anilines is 1. The van der Waals surface area contributed by atoms with Gasteiger partial charge < -0.3 is 14.5 Å². The fourth-order valence-electron chi connectivity index (χ4n) is 2.86. The maximum Gasteiger partial charge on any atom is 0.259 e. The molecule has 0 radical (unpaired) electrons. The molecule has 0 aliphatic carbocycles. The zero-order chi connectivity index (χ0) is 19.5. The van der Waals surface area contributed by atoms with Gasteiger partial charge in [0.05, 0.1) is 12.2 Å². The number of nitrogens with one attached hydrogen (secondary N) is 1. The number of aromatic nitrogens is 1. The molecule has 1 N–H and O–H groups in total. The number of ether oxygens (including phenoxy) is 1. The molecular formula is C22H17IN2O3. The lowest BCUT2D eigenvalue weighted by Gasteiger charge is -2.10. The van der Waals surface area contributed by atoms with Gasteiger partial charge in [-0.2, -0.15) is 0 Å². The number of hydrogen-bond acceptors (Lipinski definition) is 4. The number of carbonyl (C=O) groups is 1. The normalized spacial score (nSPS) is 10.8. The summed E-state index contributed by atoms with van der Waals surface area (Å²) < 4.78 is 12.5. The molecule has 0 aliphatic heterocycles. The van der Waals surface area contributed by atoms with Crippen molar-refractivity contribution in [1.29, 1.82) is 0 Å². The van der Waals surface area contributed by atoms with Crippen molar-refractivity contribution in [3.63, 3.8) is 0 Å². The van der Waals surface area contributed by atoms with Gasteiger partial charge in [0.25, 0.3) is 5.91 Å². The van der Waals surface area contributed by atoms with E-state index in [4.69, 9.17) is 9.15 Å². The van der Waals surface area contributed by atoms with Crippen LogP contribution in [0.5, 0.6) is 5.75 Å². The summed E-state index contributed by atoms with van der Waals surface area (Å²) in [7, 11) is 0. The first-order chi connectivity index (χ1) is 13.6. The number of hydrogen-bond donors (Lipinski definition) is 1. The number of carbonyl (C=O) groups excluding carboxylic acids is 1. The van der Waals surface area contributed by atoms with E-state index in [1.807, 2.05) is 49.4 Å².